The van der Waals surface area contributed by atoms with Crippen LogP contribution in [0.1, 0.15) is 20.8 Å². The van der Waals surface area contributed by atoms with Crippen LogP contribution in [0.15, 0.2) is 4.99 Å². The second kappa shape index (κ2) is 11.2. The minimum Gasteiger partial charge on any atom is -0.380 e. The van der Waals surface area contributed by atoms with Gasteiger partial charge in [-0.3, -0.25) is 4.79 Å². The molecule has 0 aliphatic heterocycles. The first-order valence-corrected chi connectivity index (χ1v) is 6.11. The van der Waals surface area contributed by atoms with Crippen molar-refractivity contribution in [3.05, 3.63) is 0 Å². The maximum Gasteiger partial charge on any atom is 0.241 e. The van der Waals surface area contributed by atoms with Crippen LogP contribution in [-0.2, 0) is 9.53 Å². The first kappa shape index (κ1) is 15.7. The predicted molar refractivity (Wildman–Crippen MR) is 69.2 cm³/mol. The smallest absolute Gasteiger partial charge is 0.241 e. The van der Waals surface area contributed by atoms with Crippen molar-refractivity contribution >= 4 is 11.9 Å². The van der Waals surface area contributed by atoms with Crippen LogP contribution in [0.2, 0.25) is 0 Å². The fourth-order valence-electron chi connectivity index (χ4n) is 1.13. The number of ether oxygens (including phenoxy) is 1. The highest BCUT2D eigenvalue weighted by Crippen LogP contribution is 1.76. The van der Waals surface area contributed by atoms with E-state index in [2.05, 4.69) is 20.9 Å². The number of guanidine groups is 1. The molecule has 0 aromatic carbocycles. The second-order valence-corrected chi connectivity index (χ2v) is 3.27. The van der Waals surface area contributed by atoms with Gasteiger partial charge in [0.1, 0.15) is 6.54 Å². The number of carbonyl (C=O) groups excluding carboxylic acids is 1. The van der Waals surface area contributed by atoms with E-state index < -0.39 is 0 Å². The van der Waals surface area contributed by atoms with E-state index >= 15 is 0 Å². The molecule has 6 nitrogen and oxygen atoms in total. The molecule has 0 aromatic rings. The summed E-state index contributed by atoms with van der Waals surface area (Å²) in [6.07, 6.45) is 0. The van der Waals surface area contributed by atoms with Gasteiger partial charge in [0.05, 0.1) is 6.61 Å². The van der Waals surface area contributed by atoms with Gasteiger partial charge >= 0.3 is 0 Å². The van der Waals surface area contributed by atoms with E-state index in [1.165, 1.54) is 0 Å². The van der Waals surface area contributed by atoms with Crippen LogP contribution in [0.4, 0.5) is 0 Å². The number of amides is 1. The van der Waals surface area contributed by atoms with E-state index in [-0.39, 0.29) is 12.5 Å². The van der Waals surface area contributed by atoms with Gasteiger partial charge in [0.25, 0.3) is 0 Å². The third-order valence-corrected chi connectivity index (χ3v) is 1.84. The summed E-state index contributed by atoms with van der Waals surface area (Å²) in [6.45, 7) is 9.34. The molecule has 0 aromatic heterocycles. The Balaban J connectivity index is 3.93. The highest BCUT2D eigenvalue weighted by molar-refractivity contribution is 5.84. The zero-order valence-corrected chi connectivity index (χ0v) is 11.0. The average molecular weight is 244 g/mol. The summed E-state index contributed by atoms with van der Waals surface area (Å²) >= 11 is 0. The largest absolute Gasteiger partial charge is 0.380 e. The van der Waals surface area contributed by atoms with E-state index in [4.69, 9.17) is 4.74 Å². The summed E-state index contributed by atoms with van der Waals surface area (Å²) in [7, 11) is 0. The molecule has 0 bridgehead atoms. The summed E-state index contributed by atoms with van der Waals surface area (Å²) in [4.78, 5) is 15.4. The van der Waals surface area contributed by atoms with E-state index in [1.54, 1.807) is 0 Å². The van der Waals surface area contributed by atoms with E-state index in [1.807, 2.05) is 20.8 Å². The molecule has 0 unspecified atom stereocenters. The van der Waals surface area contributed by atoms with Crippen molar-refractivity contribution in [3.63, 3.8) is 0 Å². The zero-order valence-electron chi connectivity index (χ0n) is 11.0. The number of hydrogen-bond donors (Lipinski definition) is 3. The molecule has 100 valence electrons. The third kappa shape index (κ3) is 9.62. The van der Waals surface area contributed by atoms with Crippen molar-refractivity contribution in [2.24, 2.45) is 4.99 Å². The molecule has 0 rings (SSSR count). The zero-order chi connectivity index (χ0) is 12.9. The molecule has 0 heterocycles. The van der Waals surface area contributed by atoms with E-state index in [9.17, 15) is 4.79 Å². The standard InChI is InChI=1S/C11H24N4O2/c1-4-12-10(16)9-15-11(13-5-2)14-7-8-17-6-3/h4-9H2,1-3H3,(H,12,16)(H2,13,14,15). The van der Waals surface area contributed by atoms with Crippen molar-refractivity contribution in [1.82, 2.24) is 16.0 Å². The SMILES string of the molecule is CCNC(=O)CN=C(NCC)NCCOCC. The average Bonchev–Trinajstić information content (AvgIpc) is 2.32. The van der Waals surface area contributed by atoms with Crippen molar-refractivity contribution < 1.29 is 9.53 Å². The van der Waals surface area contributed by atoms with Crippen LogP contribution in [0, 0.1) is 0 Å². The normalized spacial score (nSPS) is 11.1. The van der Waals surface area contributed by atoms with Gasteiger partial charge in [-0.05, 0) is 20.8 Å². The number of rotatable bonds is 8. The molecule has 0 atom stereocenters. The van der Waals surface area contributed by atoms with Crippen LogP contribution in [0.3, 0.4) is 0 Å². The summed E-state index contributed by atoms with van der Waals surface area (Å²) in [6, 6.07) is 0. The molecular weight excluding hydrogens is 220 g/mol. The minimum atomic E-state index is -0.0745. The molecule has 0 saturated carbocycles. The van der Waals surface area contributed by atoms with Crippen LogP contribution < -0.4 is 16.0 Å². The Bertz CT molecular complexity index is 232. The minimum absolute atomic E-state index is 0.0745. The maximum absolute atomic E-state index is 11.2. The molecule has 0 spiro atoms. The van der Waals surface area contributed by atoms with Crippen LogP contribution >= 0.6 is 0 Å². The number of likely N-dealkylation sites (N-methyl/N-ethyl adjacent to an activating group) is 1. The van der Waals surface area contributed by atoms with Crippen LogP contribution in [0.25, 0.3) is 0 Å². The number of aliphatic imine (C=N–C) groups is 1. The number of carbonyl (C=O) groups is 1. The maximum atomic E-state index is 11.2. The van der Waals surface area contributed by atoms with Crippen molar-refractivity contribution in [2.45, 2.75) is 20.8 Å². The summed E-state index contributed by atoms with van der Waals surface area (Å²) in [5.41, 5.74) is 0. The Morgan fingerprint density at radius 3 is 2.41 bits per heavy atom. The van der Waals surface area contributed by atoms with Crippen molar-refractivity contribution in [3.8, 4) is 0 Å². The van der Waals surface area contributed by atoms with Gasteiger partial charge in [0.2, 0.25) is 5.91 Å². The molecule has 17 heavy (non-hydrogen) atoms. The molecule has 0 fully saturated rings. The Morgan fingerprint density at radius 2 is 1.82 bits per heavy atom. The van der Waals surface area contributed by atoms with Gasteiger partial charge in [-0.15, -0.1) is 0 Å². The van der Waals surface area contributed by atoms with Crippen molar-refractivity contribution in [2.75, 3.05) is 39.4 Å². The van der Waals surface area contributed by atoms with Crippen molar-refractivity contribution in [1.29, 1.82) is 0 Å². The predicted octanol–water partition coefficient (Wildman–Crippen LogP) is -0.286. The molecule has 3 N–H and O–H groups in total. The monoisotopic (exact) mass is 244 g/mol. The van der Waals surface area contributed by atoms with Gasteiger partial charge < -0.3 is 20.7 Å². The summed E-state index contributed by atoms with van der Waals surface area (Å²) < 4.78 is 5.20. The van der Waals surface area contributed by atoms with Gasteiger partial charge in [0.15, 0.2) is 5.96 Å². The Hall–Kier alpha value is -1.30. The Labute approximate surface area is 103 Å². The molecule has 0 aliphatic carbocycles. The third-order valence-electron chi connectivity index (χ3n) is 1.84. The highest BCUT2D eigenvalue weighted by Gasteiger charge is 2.00. The topological polar surface area (TPSA) is 74.8 Å². The van der Waals surface area contributed by atoms with E-state index in [0.29, 0.717) is 32.3 Å². The lowest BCUT2D eigenvalue weighted by Crippen LogP contribution is -2.40. The Morgan fingerprint density at radius 1 is 1.12 bits per heavy atom. The van der Waals surface area contributed by atoms with E-state index in [0.717, 1.165) is 6.54 Å². The summed E-state index contributed by atoms with van der Waals surface area (Å²) in [5, 5.41) is 8.84. The van der Waals surface area contributed by atoms with Gasteiger partial charge in [-0.2, -0.15) is 0 Å². The first-order chi connectivity index (χ1) is 8.24. The number of hydrogen-bond acceptors (Lipinski definition) is 3. The second-order valence-electron chi connectivity index (χ2n) is 3.27. The van der Waals surface area contributed by atoms with Crippen LogP contribution in [0.5, 0.6) is 0 Å². The molecular formula is C11H24N4O2. The van der Waals surface area contributed by atoms with Gasteiger partial charge in [-0.25, -0.2) is 4.99 Å². The Kier molecular flexibility index (Phi) is 10.3. The lowest BCUT2D eigenvalue weighted by atomic mass is 10.5. The molecule has 0 radical (unpaired) electrons. The first-order valence-electron chi connectivity index (χ1n) is 6.11. The number of nitrogens with one attached hydrogen (secondary N) is 3. The lowest BCUT2D eigenvalue weighted by molar-refractivity contribution is -0.119. The number of nitrogens with zero attached hydrogens (tertiary/aromatic N) is 1. The quantitative estimate of drug-likeness (QED) is 0.312. The molecule has 1 amide bonds. The van der Waals surface area contributed by atoms with Crippen LogP contribution in [-0.4, -0.2) is 51.3 Å². The molecule has 0 aliphatic rings. The summed E-state index contributed by atoms with van der Waals surface area (Å²) in [5.74, 6) is 0.563. The van der Waals surface area contributed by atoms with Gasteiger partial charge in [-0.1, -0.05) is 0 Å². The fourth-order valence-corrected chi connectivity index (χ4v) is 1.13. The highest BCUT2D eigenvalue weighted by atomic mass is 16.5. The van der Waals surface area contributed by atoms with Gasteiger partial charge in [0, 0.05) is 26.2 Å². The molecule has 0 saturated heterocycles. The lowest BCUT2D eigenvalue weighted by Gasteiger charge is -2.10. The fraction of sp³-hybridized carbons (Fsp3) is 0.818. The molecule has 6 heteroatoms.